The van der Waals surface area contributed by atoms with E-state index >= 15 is 0 Å². The van der Waals surface area contributed by atoms with Gasteiger partial charge in [-0.2, -0.15) is 5.01 Å². The molecule has 160 valence electrons. The Morgan fingerprint density at radius 1 is 1.03 bits per heavy atom. The number of hydrazine groups is 1. The number of nitrogens with one attached hydrogen (secondary N) is 1. The van der Waals surface area contributed by atoms with E-state index in [1.807, 2.05) is 66.2 Å². The fourth-order valence-electron chi connectivity index (χ4n) is 3.47. The first-order valence-corrected chi connectivity index (χ1v) is 11.6. The van der Waals surface area contributed by atoms with Gasteiger partial charge in [0.05, 0.1) is 5.39 Å². The lowest BCUT2D eigenvalue weighted by atomic mass is 10.1. The first kappa shape index (κ1) is 20.3. The molecule has 1 N–H and O–H groups in total. The van der Waals surface area contributed by atoms with E-state index in [1.165, 1.54) is 17.4 Å². The Balaban J connectivity index is 1.65. The number of benzene rings is 1. The Morgan fingerprint density at radius 3 is 2.44 bits per heavy atom. The number of rotatable bonds is 5. The predicted molar refractivity (Wildman–Crippen MR) is 130 cm³/mol. The van der Waals surface area contributed by atoms with Crippen molar-refractivity contribution in [1.29, 1.82) is 0 Å². The van der Waals surface area contributed by atoms with Gasteiger partial charge in [0, 0.05) is 52.8 Å². The number of carbonyl (C=O) groups is 2. The SMILES string of the molecule is CC1=CC(=O)N(Nc2nc(-c3ccc(N(C)C)cc3)nc3scc(-c4cccs4)c23)C1=O. The minimum atomic E-state index is -0.413. The van der Waals surface area contributed by atoms with Crippen molar-refractivity contribution in [1.82, 2.24) is 15.0 Å². The van der Waals surface area contributed by atoms with Gasteiger partial charge in [0.2, 0.25) is 0 Å². The third-order valence-electron chi connectivity index (χ3n) is 5.18. The second-order valence-corrected chi connectivity index (χ2v) is 9.37. The lowest BCUT2D eigenvalue weighted by molar-refractivity contribution is -0.135. The molecule has 0 spiro atoms. The molecule has 1 aromatic carbocycles. The number of hydrogen-bond acceptors (Lipinski definition) is 8. The van der Waals surface area contributed by atoms with Gasteiger partial charge in [-0.25, -0.2) is 9.97 Å². The van der Waals surface area contributed by atoms with E-state index in [2.05, 4.69) is 5.43 Å². The highest BCUT2D eigenvalue weighted by Crippen LogP contribution is 2.40. The molecule has 0 radical (unpaired) electrons. The fraction of sp³-hybridized carbons (Fsp3) is 0.130. The van der Waals surface area contributed by atoms with Gasteiger partial charge in [0.15, 0.2) is 11.6 Å². The number of carbonyl (C=O) groups excluding carboxylic acids is 2. The molecule has 4 aromatic rings. The predicted octanol–water partition coefficient (Wildman–Crippen LogP) is 4.79. The number of nitrogens with zero attached hydrogens (tertiary/aromatic N) is 4. The third-order valence-corrected chi connectivity index (χ3v) is 6.96. The van der Waals surface area contributed by atoms with Gasteiger partial charge in [-0.1, -0.05) is 6.07 Å². The summed E-state index contributed by atoms with van der Waals surface area (Å²) in [5, 5.41) is 5.84. The molecule has 2 amide bonds. The van der Waals surface area contributed by atoms with Gasteiger partial charge in [-0.3, -0.25) is 15.0 Å². The summed E-state index contributed by atoms with van der Waals surface area (Å²) in [6.45, 7) is 1.62. The molecule has 0 fully saturated rings. The van der Waals surface area contributed by atoms with Crippen molar-refractivity contribution in [3.05, 3.63) is 58.8 Å². The molecule has 1 aliphatic rings. The molecular formula is C23H19N5O2S2. The van der Waals surface area contributed by atoms with Gasteiger partial charge in [-0.05, 0) is 42.6 Å². The van der Waals surface area contributed by atoms with Gasteiger partial charge in [0.25, 0.3) is 11.8 Å². The molecule has 9 heteroatoms. The summed E-state index contributed by atoms with van der Waals surface area (Å²) in [5.41, 5.74) is 6.25. The van der Waals surface area contributed by atoms with Crippen LogP contribution in [0.3, 0.4) is 0 Å². The van der Waals surface area contributed by atoms with Crippen molar-refractivity contribution in [2.45, 2.75) is 6.92 Å². The van der Waals surface area contributed by atoms with Gasteiger partial charge in [-0.15, -0.1) is 22.7 Å². The minimum Gasteiger partial charge on any atom is -0.378 e. The molecule has 0 bridgehead atoms. The number of amides is 2. The second-order valence-electron chi connectivity index (χ2n) is 7.56. The maximum absolute atomic E-state index is 12.5. The van der Waals surface area contributed by atoms with Crippen LogP contribution in [0, 0.1) is 0 Å². The van der Waals surface area contributed by atoms with Crippen LogP contribution in [-0.4, -0.2) is 40.9 Å². The third kappa shape index (κ3) is 3.45. The van der Waals surface area contributed by atoms with E-state index in [-0.39, 0.29) is 5.91 Å². The maximum Gasteiger partial charge on any atom is 0.275 e. The molecule has 0 atom stereocenters. The largest absolute Gasteiger partial charge is 0.378 e. The Morgan fingerprint density at radius 2 is 1.81 bits per heavy atom. The summed E-state index contributed by atoms with van der Waals surface area (Å²) in [6, 6.07) is 11.9. The Labute approximate surface area is 192 Å². The van der Waals surface area contributed by atoms with Crippen molar-refractivity contribution in [2.24, 2.45) is 0 Å². The number of imide groups is 1. The van der Waals surface area contributed by atoms with Crippen LogP contribution in [0.2, 0.25) is 0 Å². The number of aromatic nitrogens is 2. The first-order valence-electron chi connectivity index (χ1n) is 9.86. The number of anilines is 2. The van der Waals surface area contributed by atoms with Crippen LogP contribution in [0.15, 0.2) is 58.8 Å². The highest BCUT2D eigenvalue weighted by Gasteiger charge is 2.30. The van der Waals surface area contributed by atoms with Crippen molar-refractivity contribution in [3.8, 4) is 21.8 Å². The van der Waals surface area contributed by atoms with E-state index in [0.717, 1.165) is 36.9 Å². The summed E-state index contributed by atoms with van der Waals surface area (Å²) < 4.78 is 0. The zero-order valence-electron chi connectivity index (χ0n) is 17.6. The molecule has 0 saturated heterocycles. The summed E-state index contributed by atoms with van der Waals surface area (Å²) in [7, 11) is 3.97. The maximum atomic E-state index is 12.5. The second kappa shape index (κ2) is 7.85. The topological polar surface area (TPSA) is 78.4 Å². The minimum absolute atomic E-state index is 0.383. The molecule has 0 saturated carbocycles. The Kier molecular flexibility index (Phi) is 4.99. The molecule has 4 heterocycles. The Bertz CT molecular complexity index is 1370. The highest BCUT2D eigenvalue weighted by atomic mass is 32.1. The lowest BCUT2D eigenvalue weighted by Crippen LogP contribution is -2.36. The van der Waals surface area contributed by atoms with E-state index < -0.39 is 5.91 Å². The zero-order chi connectivity index (χ0) is 22.4. The van der Waals surface area contributed by atoms with Crippen LogP contribution < -0.4 is 10.3 Å². The molecular weight excluding hydrogens is 442 g/mol. The van der Waals surface area contributed by atoms with Gasteiger partial charge in [0.1, 0.15) is 4.83 Å². The fourth-order valence-corrected chi connectivity index (χ4v) is 5.23. The summed E-state index contributed by atoms with van der Waals surface area (Å²) in [6.07, 6.45) is 1.32. The molecule has 3 aromatic heterocycles. The van der Waals surface area contributed by atoms with Crippen molar-refractivity contribution >= 4 is 56.2 Å². The molecule has 0 unspecified atom stereocenters. The van der Waals surface area contributed by atoms with Crippen molar-refractivity contribution in [3.63, 3.8) is 0 Å². The number of fused-ring (bicyclic) bond motifs is 1. The van der Waals surface area contributed by atoms with E-state index in [9.17, 15) is 9.59 Å². The average molecular weight is 462 g/mol. The van der Waals surface area contributed by atoms with Crippen molar-refractivity contribution < 1.29 is 9.59 Å². The normalized spacial score (nSPS) is 13.7. The molecule has 32 heavy (non-hydrogen) atoms. The van der Waals surface area contributed by atoms with Crippen LogP contribution in [-0.2, 0) is 9.59 Å². The van der Waals surface area contributed by atoms with E-state index in [0.29, 0.717) is 17.2 Å². The van der Waals surface area contributed by atoms with Crippen LogP contribution in [0.5, 0.6) is 0 Å². The van der Waals surface area contributed by atoms with E-state index in [4.69, 9.17) is 9.97 Å². The van der Waals surface area contributed by atoms with Gasteiger partial charge >= 0.3 is 0 Å². The summed E-state index contributed by atoms with van der Waals surface area (Å²) in [5.74, 6) is 0.153. The van der Waals surface area contributed by atoms with Gasteiger partial charge < -0.3 is 4.90 Å². The first-order chi connectivity index (χ1) is 15.4. The van der Waals surface area contributed by atoms with Crippen LogP contribution >= 0.6 is 22.7 Å². The zero-order valence-corrected chi connectivity index (χ0v) is 19.3. The van der Waals surface area contributed by atoms with Crippen LogP contribution in [0.1, 0.15) is 6.92 Å². The molecule has 1 aliphatic heterocycles. The molecule has 5 rings (SSSR count). The Hall–Kier alpha value is -3.56. The highest BCUT2D eigenvalue weighted by molar-refractivity contribution is 7.18. The molecule has 0 aliphatic carbocycles. The number of thiophene rings is 2. The van der Waals surface area contributed by atoms with Crippen LogP contribution in [0.25, 0.3) is 32.0 Å². The summed E-state index contributed by atoms with van der Waals surface area (Å²) >= 11 is 3.12. The summed E-state index contributed by atoms with van der Waals surface area (Å²) in [4.78, 5) is 38.3. The number of hydrogen-bond donors (Lipinski definition) is 1. The smallest absolute Gasteiger partial charge is 0.275 e. The monoisotopic (exact) mass is 461 g/mol. The molecule has 7 nitrogen and oxygen atoms in total. The average Bonchev–Trinajstić information content (AvgIpc) is 3.50. The van der Waals surface area contributed by atoms with Crippen molar-refractivity contribution in [2.75, 3.05) is 24.4 Å². The van der Waals surface area contributed by atoms with E-state index in [1.54, 1.807) is 18.3 Å². The van der Waals surface area contributed by atoms with Crippen LogP contribution in [0.4, 0.5) is 11.5 Å². The quantitative estimate of drug-likeness (QED) is 0.431. The lowest BCUT2D eigenvalue weighted by Gasteiger charge is -2.18. The standard InChI is InChI=1S/C23H19N5O2S2/c1-13-11-18(29)28(23(13)30)26-21-19-16(17-5-4-10-31-17)12-32-22(19)25-20(24-21)14-6-8-15(9-7-14)27(2)3/h4-12H,1-3H3,(H,24,25,26).